The molecule has 0 aromatic carbocycles. The molecule has 0 aromatic rings. The molecule has 1 heterocycles. The molecule has 1 rings (SSSR count). The highest BCUT2D eigenvalue weighted by Gasteiger charge is 2.36. The molecule has 1 aliphatic rings. The van der Waals surface area contributed by atoms with Gasteiger partial charge in [-0.2, -0.15) is 0 Å². The van der Waals surface area contributed by atoms with E-state index in [-0.39, 0.29) is 5.92 Å². The maximum atomic E-state index is 11.1. The van der Waals surface area contributed by atoms with Crippen LogP contribution in [0.5, 0.6) is 0 Å². The molecule has 2 heteroatoms. The average Bonchev–Trinajstić information content (AvgIpc) is 2.49. The third kappa shape index (κ3) is 4.48. The standard InChI is InChI=1S/C18H25NO/c1-4-6-8-9-13-18(20,16(3)10-7-5-2)17-11-14-19-15-12-17/h4-10,13,17,19-20H,1-3,11-12,14-15H2/b8-6-,10-7-,13-9+. The van der Waals surface area contributed by atoms with Crippen LogP contribution < -0.4 is 5.32 Å². The zero-order chi connectivity index (χ0) is 14.8. The number of piperidine rings is 1. The maximum Gasteiger partial charge on any atom is 0.110 e. The van der Waals surface area contributed by atoms with Crippen molar-refractivity contribution in [1.82, 2.24) is 5.32 Å². The van der Waals surface area contributed by atoms with Crippen LogP contribution in [0, 0.1) is 5.92 Å². The van der Waals surface area contributed by atoms with Gasteiger partial charge in [-0.15, -0.1) is 0 Å². The van der Waals surface area contributed by atoms with E-state index in [0.29, 0.717) is 5.57 Å². The highest BCUT2D eigenvalue weighted by molar-refractivity contribution is 5.35. The molecule has 108 valence electrons. The van der Waals surface area contributed by atoms with Gasteiger partial charge in [0, 0.05) is 0 Å². The largest absolute Gasteiger partial charge is 0.381 e. The van der Waals surface area contributed by atoms with Gasteiger partial charge in [0.2, 0.25) is 0 Å². The molecule has 2 nitrogen and oxygen atoms in total. The van der Waals surface area contributed by atoms with Gasteiger partial charge in [0.15, 0.2) is 0 Å². The van der Waals surface area contributed by atoms with E-state index in [1.807, 2.05) is 36.5 Å². The molecule has 20 heavy (non-hydrogen) atoms. The Morgan fingerprint density at radius 2 is 1.70 bits per heavy atom. The Morgan fingerprint density at radius 1 is 1.05 bits per heavy atom. The second-order valence-corrected chi connectivity index (χ2v) is 4.95. The summed E-state index contributed by atoms with van der Waals surface area (Å²) in [6, 6.07) is 0. The van der Waals surface area contributed by atoms with Crippen molar-refractivity contribution in [3.8, 4) is 0 Å². The van der Waals surface area contributed by atoms with Crippen LogP contribution in [0.3, 0.4) is 0 Å². The molecule has 0 amide bonds. The third-order valence-electron chi connectivity index (χ3n) is 3.62. The minimum atomic E-state index is -1.01. The Labute approximate surface area is 122 Å². The second kappa shape index (κ2) is 8.51. The van der Waals surface area contributed by atoms with Crippen molar-refractivity contribution in [2.45, 2.75) is 18.4 Å². The summed E-state index contributed by atoms with van der Waals surface area (Å²) in [6.45, 7) is 13.2. The number of rotatable bonds is 7. The molecule has 0 radical (unpaired) electrons. The van der Waals surface area contributed by atoms with Gasteiger partial charge >= 0.3 is 0 Å². The van der Waals surface area contributed by atoms with E-state index in [9.17, 15) is 5.11 Å². The summed E-state index contributed by atoms with van der Waals surface area (Å²) < 4.78 is 0. The molecule has 1 atom stereocenters. The van der Waals surface area contributed by atoms with Gasteiger partial charge < -0.3 is 10.4 Å². The van der Waals surface area contributed by atoms with Gasteiger partial charge in [0.1, 0.15) is 5.60 Å². The van der Waals surface area contributed by atoms with E-state index in [1.54, 1.807) is 12.2 Å². The molecule has 1 aliphatic heterocycles. The molecule has 0 bridgehead atoms. The first-order valence-corrected chi connectivity index (χ1v) is 7.03. The molecule has 0 spiro atoms. The Hall–Kier alpha value is -1.64. The normalized spacial score (nSPS) is 20.4. The van der Waals surface area contributed by atoms with Gasteiger partial charge in [0.05, 0.1) is 0 Å². The van der Waals surface area contributed by atoms with E-state index in [2.05, 4.69) is 25.1 Å². The van der Waals surface area contributed by atoms with E-state index >= 15 is 0 Å². The Kier molecular flexibility index (Phi) is 6.99. The van der Waals surface area contributed by atoms with E-state index in [1.165, 1.54) is 0 Å². The van der Waals surface area contributed by atoms with Crippen molar-refractivity contribution in [3.63, 3.8) is 0 Å². The lowest BCUT2D eigenvalue weighted by Gasteiger charge is -2.37. The molecular formula is C18H25NO. The van der Waals surface area contributed by atoms with Crippen LogP contribution in [0.25, 0.3) is 0 Å². The van der Waals surface area contributed by atoms with Gasteiger partial charge in [-0.1, -0.05) is 62.3 Å². The van der Waals surface area contributed by atoms with Gasteiger partial charge in [-0.25, -0.2) is 0 Å². The van der Waals surface area contributed by atoms with Crippen LogP contribution in [0.4, 0.5) is 0 Å². The number of nitrogens with one attached hydrogen (secondary N) is 1. The quantitative estimate of drug-likeness (QED) is 0.696. The zero-order valence-corrected chi connectivity index (χ0v) is 12.1. The first-order chi connectivity index (χ1) is 9.65. The minimum Gasteiger partial charge on any atom is -0.381 e. The monoisotopic (exact) mass is 271 g/mol. The van der Waals surface area contributed by atoms with Crippen LogP contribution in [0.15, 0.2) is 73.9 Å². The fourth-order valence-corrected chi connectivity index (χ4v) is 2.43. The highest BCUT2D eigenvalue weighted by atomic mass is 16.3. The SMILES string of the molecule is C=C/C=C\C=C\C(O)(C(=C)/C=C\C=C)C1CCNCC1. The third-order valence-corrected chi connectivity index (χ3v) is 3.62. The molecule has 0 saturated carbocycles. The van der Waals surface area contributed by atoms with E-state index in [4.69, 9.17) is 0 Å². The summed E-state index contributed by atoms with van der Waals surface area (Å²) in [5, 5.41) is 14.4. The predicted molar refractivity (Wildman–Crippen MR) is 87.5 cm³/mol. The molecule has 1 saturated heterocycles. The molecule has 1 fully saturated rings. The molecular weight excluding hydrogens is 246 g/mol. The fourth-order valence-electron chi connectivity index (χ4n) is 2.43. The molecule has 0 aliphatic carbocycles. The minimum absolute atomic E-state index is 0.180. The molecule has 1 unspecified atom stereocenters. The van der Waals surface area contributed by atoms with Crippen LogP contribution in [0.2, 0.25) is 0 Å². The number of allylic oxidation sites excluding steroid dienone is 6. The van der Waals surface area contributed by atoms with E-state index < -0.39 is 5.60 Å². The smallest absolute Gasteiger partial charge is 0.110 e. The van der Waals surface area contributed by atoms with Crippen molar-refractivity contribution in [2.75, 3.05) is 13.1 Å². The highest BCUT2D eigenvalue weighted by Crippen LogP contribution is 2.33. The van der Waals surface area contributed by atoms with Crippen molar-refractivity contribution in [2.24, 2.45) is 5.92 Å². The van der Waals surface area contributed by atoms with Crippen LogP contribution >= 0.6 is 0 Å². The zero-order valence-electron chi connectivity index (χ0n) is 12.1. The number of hydrogen-bond donors (Lipinski definition) is 2. The summed E-state index contributed by atoms with van der Waals surface area (Å²) in [5.41, 5.74) is -0.305. The fraction of sp³-hybridized carbons (Fsp3) is 0.333. The second-order valence-electron chi connectivity index (χ2n) is 4.95. The summed E-state index contributed by atoms with van der Waals surface area (Å²) in [6.07, 6.45) is 16.3. The summed E-state index contributed by atoms with van der Waals surface area (Å²) >= 11 is 0. The van der Waals surface area contributed by atoms with Crippen molar-refractivity contribution in [1.29, 1.82) is 0 Å². The van der Waals surface area contributed by atoms with E-state index in [0.717, 1.165) is 25.9 Å². The topological polar surface area (TPSA) is 32.3 Å². The lowest BCUT2D eigenvalue weighted by atomic mass is 9.76. The number of aliphatic hydroxyl groups is 1. The Morgan fingerprint density at radius 3 is 2.30 bits per heavy atom. The predicted octanol–water partition coefficient (Wildman–Crippen LogP) is 3.31. The number of hydrogen-bond acceptors (Lipinski definition) is 2. The Bertz CT molecular complexity index is 425. The van der Waals surface area contributed by atoms with Gasteiger partial charge in [0.25, 0.3) is 0 Å². The maximum absolute atomic E-state index is 11.1. The molecule has 2 N–H and O–H groups in total. The van der Waals surface area contributed by atoms with Crippen LogP contribution in [0.1, 0.15) is 12.8 Å². The summed E-state index contributed by atoms with van der Waals surface area (Å²) in [4.78, 5) is 0. The van der Waals surface area contributed by atoms with Crippen molar-refractivity contribution < 1.29 is 5.11 Å². The van der Waals surface area contributed by atoms with Crippen LogP contribution in [-0.4, -0.2) is 23.8 Å². The Balaban J connectivity index is 2.96. The first kappa shape index (κ1) is 16.4. The molecule has 0 aromatic heterocycles. The lowest BCUT2D eigenvalue weighted by Crippen LogP contribution is -2.43. The van der Waals surface area contributed by atoms with Crippen molar-refractivity contribution in [3.05, 3.63) is 73.9 Å². The first-order valence-electron chi connectivity index (χ1n) is 7.03. The van der Waals surface area contributed by atoms with Crippen LogP contribution in [-0.2, 0) is 0 Å². The average molecular weight is 271 g/mol. The lowest BCUT2D eigenvalue weighted by molar-refractivity contribution is 0.0506. The van der Waals surface area contributed by atoms with Crippen molar-refractivity contribution >= 4 is 0 Å². The van der Waals surface area contributed by atoms with Gasteiger partial charge in [-0.05, 0) is 43.5 Å². The summed E-state index contributed by atoms with van der Waals surface area (Å²) in [7, 11) is 0. The van der Waals surface area contributed by atoms with Gasteiger partial charge in [-0.3, -0.25) is 0 Å². The summed E-state index contributed by atoms with van der Waals surface area (Å²) in [5.74, 6) is 0.180.